The summed E-state index contributed by atoms with van der Waals surface area (Å²) in [6.45, 7) is 1.70. The Labute approximate surface area is 97.7 Å². The number of esters is 1. The molecule has 0 heterocycles. The summed E-state index contributed by atoms with van der Waals surface area (Å²) in [6, 6.07) is -0.482. The predicted octanol–water partition coefficient (Wildman–Crippen LogP) is 2.24. The maximum absolute atomic E-state index is 11.5. The van der Waals surface area contributed by atoms with E-state index >= 15 is 0 Å². The van der Waals surface area contributed by atoms with Crippen LogP contribution in [0.25, 0.3) is 0 Å². The second-order valence-corrected chi connectivity index (χ2v) is 5.40. The van der Waals surface area contributed by atoms with Crippen LogP contribution in [-0.4, -0.2) is 18.1 Å². The highest BCUT2D eigenvalue weighted by molar-refractivity contribution is 5.75. The van der Waals surface area contributed by atoms with Crippen molar-refractivity contribution in [2.24, 2.45) is 17.6 Å². The second-order valence-electron chi connectivity index (χ2n) is 5.40. The summed E-state index contributed by atoms with van der Waals surface area (Å²) < 4.78 is 5.56. The molecule has 0 radical (unpaired) electrons. The number of hydrogen-bond acceptors (Lipinski definition) is 3. The lowest BCUT2D eigenvalue weighted by atomic mass is 9.69. The fraction of sp³-hybridized carbons (Fsp3) is 0.923. The van der Waals surface area contributed by atoms with Gasteiger partial charge < -0.3 is 10.5 Å². The Morgan fingerprint density at radius 1 is 1.19 bits per heavy atom. The van der Waals surface area contributed by atoms with Crippen LogP contribution in [0.1, 0.15) is 51.9 Å². The lowest BCUT2D eigenvalue weighted by molar-refractivity contribution is -0.157. The van der Waals surface area contributed by atoms with Gasteiger partial charge in [-0.1, -0.05) is 19.3 Å². The molecule has 0 aromatic carbocycles. The van der Waals surface area contributed by atoms with E-state index in [9.17, 15) is 4.79 Å². The Hall–Kier alpha value is -0.570. The summed E-state index contributed by atoms with van der Waals surface area (Å²) in [5.41, 5.74) is 5.55. The molecule has 0 amide bonds. The number of rotatable bonds is 2. The summed E-state index contributed by atoms with van der Waals surface area (Å²) in [5.74, 6) is 1.19. The molecule has 2 fully saturated rings. The number of ether oxygens (including phenoxy) is 1. The monoisotopic (exact) mass is 225 g/mol. The second kappa shape index (κ2) is 5.17. The van der Waals surface area contributed by atoms with Crippen LogP contribution in [0.5, 0.6) is 0 Å². The van der Waals surface area contributed by atoms with Crippen LogP contribution in [0.4, 0.5) is 0 Å². The predicted molar refractivity (Wildman–Crippen MR) is 62.8 cm³/mol. The van der Waals surface area contributed by atoms with E-state index in [2.05, 4.69) is 0 Å². The van der Waals surface area contributed by atoms with Gasteiger partial charge in [-0.05, 0) is 44.4 Å². The molecule has 3 heteroatoms. The van der Waals surface area contributed by atoms with E-state index in [1.54, 1.807) is 6.92 Å². The van der Waals surface area contributed by atoms with Gasteiger partial charge in [-0.2, -0.15) is 0 Å². The molecule has 92 valence electrons. The lowest BCUT2D eigenvalue weighted by Crippen LogP contribution is -2.41. The van der Waals surface area contributed by atoms with Gasteiger partial charge in [-0.3, -0.25) is 4.79 Å². The van der Waals surface area contributed by atoms with Crippen molar-refractivity contribution in [1.82, 2.24) is 0 Å². The SMILES string of the molecule is C[C@H](N)C(=O)OC1CCCC2CCCCC21. The van der Waals surface area contributed by atoms with Crippen molar-refractivity contribution in [2.45, 2.75) is 64.0 Å². The van der Waals surface area contributed by atoms with Gasteiger partial charge in [-0.25, -0.2) is 0 Å². The van der Waals surface area contributed by atoms with Crippen molar-refractivity contribution in [3.8, 4) is 0 Å². The van der Waals surface area contributed by atoms with Crippen molar-refractivity contribution in [3.63, 3.8) is 0 Å². The summed E-state index contributed by atoms with van der Waals surface area (Å²) >= 11 is 0. The average Bonchev–Trinajstić information content (AvgIpc) is 2.29. The van der Waals surface area contributed by atoms with E-state index in [4.69, 9.17) is 10.5 Å². The zero-order valence-electron chi connectivity index (χ0n) is 10.2. The van der Waals surface area contributed by atoms with E-state index in [1.165, 1.54) is 38.5 Å². The van der Waals surface area contributed by atoms with Gasteiger partial charge in [0.2, 0.25) is 0 Å². The number of nitrogens with two attached hydrogens (primary N) is 1. The molecular weight excluding hydrogens is 202 g/mol. The van der Waals surface area contributed by atoms with E-state index in [0.717, 1.165) is 12.3 Å². The molecule has 0 aliphatic heterocycles. The van der Waals surface area contributed by atoms with Gasteiger partial charge in [-0.15, -0.1) is 0 Å². The highest BCUT2D eigenvalue weighted by Gasteiger charge is 2.37. The Balaban J connectivity index is 1.94. The Kier molecular flexibility index (Phi) is 3.85. The molecular formula is C13H23NO2. The molecule has 0 aromatic heterocycles. The van der Waals surface area contributed by atoms with Crippen molar-refractivity contribution in [3.05, 3.63) is 0 Å². The first kappa shape index (κ1) is 11.9. The van der Waals surface area contributed by atoms with Crippen molar-refractivity contribution < 1.29 is 9.53 Å². The van der Waals surface area contributed by atoms with Crippen molar-refractivity contribution in [2.75, 3.05) is 0 Å². The van der Waals surface area contributed by atoms with Crippen LogP contribution in [0, 0.1) is 11.8 Å². The van der Waals surface area contributed by atoms with Gasteiger partial charge in [0.05, 0.1) is 0 Å². The van der Waals surface area contributed by atoms with Gasteiger partial charge in [0.25, 0.3) is 0 Å². The Bertz CT molecular complexity index is 250. The smallest absolute Gasteiger partial charge is 0.322 e. The van der Waals surface area contributed by atoms with E-state index in [0.29, 0.717) is 5.92 Å². The first-order valence-corrected chi connectivity index (χ1v) is 6.64. The minimum absolute atomic E-state index is 0.151. The molecule has 2 aliphatic rings. The fourth-order valence-electron chi connectivity index (χ4n) is 3.28. The Morgan fingerprint density at radius 2 is 1.88 bits per heavy atom. The molecule has 2 N–H and O–H groups in total. The molecule has 3 unspecified atom stereocenters. The minimum Gasteiger partial charge on any atom is -0.461 e. The molecule has 0 aromatic rings. The number of carbonyl (C=O) groups is 1. The fourth-order valence-corrected chi connectivity index (χ4v) is 3.28. The third kappa shape index (κ3) is 2.57. The molecule has 3 nitrogen and oxygen atoms in total. The standard InChI is InChI=1S/C13H23NO2/c1-9(14)13(15)16-12-8-4-6-10-5-2-3-7-11(10)12/h9-12H,2-8,14H2,1H3/t9-,10?,11?,12?/m0/s1. The highest BCUT2D eigenvalue weighted by Crippen LogP contribution is 2.41. The first-order chi connectivity index (χ1) is 7.68. The van der Waals surface area contributed by atoms with E-state index in [1.807, 2.05) is 0 Å². The molecule has 16 heavy (non-hydrogen) atoms. The molecule has 4 atom stereocenters. The maximum atomic E-state index is 11.5. The average molecular weight is 225 g/mol. The van der Waals surface area contributed by atoms with Crippen LogP contribution in [-0.2, 0) is 9.53 Å². The number of hydrogen-bond donors (Lipinski definition) is 1. The number of carbonyl (C=O) groups excluding carboxylic acids is 1. The Morgan fingerprint density at radius 3 is 2.62 bits per heavy atom. The molecule has 2 aliphatic carbocycles. The van der Waals surface area contributed by atoms with Crippen LogP contribution in [0.15, 0.2) is 0 Å². The third-order valence-electron chi connectivity index (χ3n) is 4.15. The summed E-state index contributed by atoms with van der Waals surface area (Å²) in [5, 5.41) is 0. The largest absolute Gasteiger partial charge is 0.461 e. The van der Waals surface area contributed by atoms with Crippen LogP contribution >= 0.6 is 0 Å². The zero-order valence-corrected chi connectivity index (χ0v) is 10.2. The summed E-state index contributed by atoms with van der Waals surface area (Å²) in [6.07, 6.45) is 8.95. The van der Waals surface area contributed by atoms with Gasteiger partial charge in [0.15, 0.2) is 0 Å². The molecule has 2 rings (SSSR count). The first-order valence-electron chi connectivity index (χ1n) is 6.64. The quantitative estimate of drug-likeness (QED) is 0.733. The van der Waals surface area contributed by atoms with Crippen molar-refractivity contribution in [1.29, 1.82) is 0 Å². The molecule has 2 saturated carbocycles. The zero-order chi connectivity index (χ0) is 11.5. The third-order valence-corrected chi connectivity index (χ3v) is 4.15. The summed E-state index contributed by atoms with van der Waals surface area (Å²) in [7, 11) is 0. The minimum atomic E-state index is -0.482. The van der Waals surface area contributed by atoms with E-state index in [-0.39, 0.29) is 12.1 Å². The number of fused-ring (bicyclic) bond motifs is 1. The van der Waals surface area contributed by atoms with Gasteiger partial charge in [0, 0.05) is 0 Å². The van der Waals surface area contributed by atoms with Crippen LogP contribution in [0.3, 0.4) is 0 Å². The maximum Gasteiger partial charge on any atom is 0.322 e. The van der Waals surface area contributed by atoms with Crippen LogP contribution < -0.4 is 5.73 Å². The van der Waals surface area contributed by atoms with Gasteiger partial charge in [0.1, 0.15) is 12.1 Å². The van der Waals surface area contributed by atoms with Crippen molar-refractivity contribution >= 4 is 5.97 Å². The molecule has 0 spiro atoms. The lowest BCUT2D eigenvalue weighted by Gasteiger charge is -2.40. The molecule has 0 saturated heterocycles. The topological polar surface area (TPSA) is 52.3 Å². The van der Waals surface area contributed by atoms with Crippen LogP contribution in [0.2, 0.25) is 0 Å². The van der Waals surface area contributed by atoms with E-state index < -0.39 is 6.04 Å². The highest BCUT2D eigenvalue weighted by atomic mass is 16.5. The molecule has 0 bridgehead atoms. The summed E-state index contributed by atoms with van der Waals surface area (Å²) in [4.78, 5) is 11.5. The van der Waals surface area contributed by atoms with Gasteiger partial charge >= 0.3 is 5.97 Å². The normalized spacial score (nSPS) is 36.2.